The number of nitro groups is 1. The lowest BCUT2D eigenvalue weighted by Crippen LogP contribution is -1.88. The minimum Gasteiger partial charge on any atom is -0.258 e. The molecule has 0 saturated carbocycles. The molecule has 14 heavy (non-hydrogen) atoms. The first-order valence-corrected chi connectivity index (χ1v) is 4.55. The number of hydrogen-bond donors (Lipinski definition) is 0. The van der Waals surface area contributed by atoms with Crippen LogP contribution in [0.5, 0.6) is 0 Å². The largest absolute Gasteiger partial charge is 0.270 e. The molecule has 0 heterocycles. The average molecular weight is 230 g/mol. The number of non-ortho nitro benzene ring substituents is 1. The molecule has 0 radical (unpaired) electrons. The van der Waals surface area contributed by atoms with Crippen LogP contribution < -0.4 is 0 Å². The molecule has 1 aromatic carbocycles. The normalized spacial score (nSPS) is 9.00. The first-order valence-electron chi connectivity index (χ1n) is 3.64. The molecule has 0 aliphatic carbocycles. The molecule has 0 unspecified atom stereocenters. The van der Waals surface area contributed by atoms with Gasteiger partial charge in [0.15, 0.2) is 0 Å². The Morgan fingerprint density at radius 2 is 2.21 bits per heavy atom. The summed E-state index contributed by atoms with van der Waals surface area (Å²) in [7, 11) is 0. The van der Waals surface area contributed by atoms with E-state index in [0.717, 1.165) is 0 Å². The molecule has 5 heteroatoms. The van der Waals surface area contributed by atoms with Gasteiger partial charge in [-0.1, -0.05) is 23.4 Å². The second kappa shape index (κ2) is 4.85. The van der Waals surface area contributed by atoms with Crippen molar-refractivity contribution in [2.24, 2.45) is 0 Å². The summed E-state index contributed by atoms with van der Waals surface area (Å²) in [6, 6.07) is 4.09. The number of halogens is 2. The molecule has 72 valence electrons. The van der Waals surface area contributed by atoms with Gasteiger partial charge in [0.05, 0.1) is 15.8 Å². The van der Waals surface area contributed by atoms with E-state index in [4.69, 9.17) is 23.2 Å². The Balaban J connectivity index is 3.14. The lowest BCUT2D eigenvalue weighted by Gasteiger charge is -1.95. The fourth-order valence-corrected chi connectivity index (χ4v) is 1.08. The number of hydrogen-bond acceptors (Lipinski definition) is 2. The van der Waals surface area contributed by atoms with E-state index < -0.39 is 4.92 Å². The van der Waals surface area contributed by atoms with Crippen LogP contribution >= 0.6 is 23.2 Å². The summed E-state index contributed by atoms with van der Waals surface area (Å²) < 4.78 is 0. The number of nitro benzene ring substituents is 1. The summed E-state index contributed by atoms with van der Waals surface area (Å²) in [6.45, 7) is 0. The van der Waals surface area contributed by atoms with Crippen LogP contribution in [-0.2, 0) is 0 Å². The van der Waals surface area contributed by atoms with E-state index in [1.165, 1.54) is 18.2 Å². The summed E-state index contributed by atoms with van der Waals surface area (Å²) in [5, 5.41) is 10.8. The van der Waals surface area contributed by atoms with Crippen LogP contribution in [0, 0.1) is 22.0 Å². The summed E-state index contributed by atoms with van der Waals surface area (Å²) in [5.74, 6) is 5.39. The molecule has 0 atom stereocenters. The van der Waals surface area contributed by atoms with Crippen LogP contribution in [0.25, 0.3) is 0 Å². The number of nitrogens with zero attached hydrogens (tertiary/aromatic N) is 1. The van der Waals surface area contributed by atoms with Crippen molar-refractivity contribution in [1.82, 2.24) is 0 Å². The van der Waals surface area contributed by atoms with Gasteiger partial charge < -0.3 is 0 Å². The van der Waals surface area contributed by atoms with E-state index in [-0.39, 0.29) is 11.6 Å². The van der Waals surface area contributed by atoms with Gasteiger partial charge in [0.2, 0.25) is 0 Å². The molecular weight excluding hydrogens is 225 g/mol. The first kappa shape index (κ1) is 10.8. The van der Waals surface area contributed by atoms with Crippen molar-refractivity contribution in [2.75, 3.05) is 5.88 Å². The van der Waals surface area contributed by atoms with E-state index in [1.807, 2.05) is 0 Å². The molecule has 0 aromatic heterocycles. The van der Waals surface area contributed by atoms with Gasteiger partial charge in [-0.15, -0.1) is 11.6 Å². The Bertz CT molecular complexity index is 421. The van der Waals surface area contributed by atoms with Crippen molar-refractivity contribution >= 4 is 28.9 Å². The molecule has 0 aliphatic heterocycles. The van der Waals surface area contributed by atoms with Crippen molar-refractivity contribution in [3.8, 4) is 11.8 Å². The zero-order chi connectivity index (χ0) is 10.6. The van der Waals surface area contributed by atoms with E-state index >= 15 is 0 Å². The van der Waals surface area contributed by atoms with Crippen LogP contribution in [0.1, 0.15) is 5.56 Å². The van der Waals surface area contributed by atoms with Crippen molar-refractivity contribution in [3.05, 3.63) is 38.9 Å². The molecule has 0 bridgehead atoms. The van der Waals surface area contributed by atoms with Gasteiger partial charge in [0.25, 0.3) is 5.69 Å². The van der Waals surface area contributed by atoms with E-state index in [2.05, 4.69) is 11.8 Å². The van der Waals surface area contributed by atoms with Crippen molar-refractivity contribution < 1.29 is 4.92 Å². The molecule has 0 aliphatic rings. The van der Waals surface area contributed by atoms with Gasteiger partial charge in [-0.3, -0.25) is 10.1 Å². The van der Waals surface area contributed by atoms with Crippen LogP contribution in [0.3, 0.4) is 0 Å². The van der Waals surface area contributed by atoms with Crippen LogP contribution in [-0.4, -0.2) is 10.8 Å². The molecule has 0 spiro atoms. The summed E-state index contributed by atoms with van der Waals surface area (Å²) in [6.07, 6.45) is 0. The Morgan fingerprint density at radius 3 is 2.79 bits per heavy atom. The van der Waals surface area contributed by atoms with Gasteiger partial charge in [0, 0.05) is 17.7 Å². The molecule has 0 saturated heterocycles. The number of rotatable bonds is 1. The Labute approximate surface area is 90.8 Å². The van der Waals surface area contributed by atoms with E-state index in [1.54, 1.807) is 0 Å². The van der Waals surface area contributed by atoms with Crippen molar-refractivity contribution in [2.45, 2.75) is 0 Å². The Kier molecular flexibility index (Phi) is 3.75. The molecule has 1 aromatic rings. The van der Waals surface area contributed by atoms with Crippen LogP contribution in [0.2, 0.25) is 5.02 Å². The third-order valence-corrected chi connectivity index (χ3v) is 1.91. The zero-order valence-corrected chi connectivity index (χ0v) is 8.47. The maximum absolute atomic E-state index is 10.4. The predicted octanol–water partition coefficient (Wildman–Crippen LogP) is 2.84. The van der Waals surface area contributed by atoms with E-state index in [0.29, 0.717) is 10.6 Å². The van der Waals surface area contributed by atoms with E-state index in [9.17, 15) is 10.1 Å². The van der Waals surface area contributed by atoms with Gasteiger partial charge in [-0.05, 0) is 6.07 Å². The molecule has 1 rings (SSSR count). The maximum Gasteiger partial charge on any atom is 0.270 e. The summed E-state index contributed by atoms with van der Waals surface area (Å²) in [4.78, 5) is 9.93. The third-order valence-electron chi connectivity index (χ3n) is 1.45. The highest BCUT2D eigenvalue weighted by molar-refractivity contribution is 6.31. The van der Waals surface area contributed by atoms with Gasteiger partial charge >= 0.3 is 0 Å². The Hall–Kier alpha value is -1.24. The highest BCUT2D eigenvalue weighted by Crippen LogP contribution is 2.20. The highest BCUT2D eigenvalue weighted by atomic mass is 35.5. The topological polar surface area (TPSA) is 43.1 Å². The van der Waals surface area contributed by atoms with Crippen molar-refractivity contribution in [3.63, 3.8) is 0 Å². The lowest BCUT2D eigenvalue weighted by atomic mass is 10.2. The fraction of sp³-hybridized carbons (Fsp3) is 0.111. The minimum absolute atomic E-state index is 0.0340. The van der Waals surface area contributed by atoms with Gasteiger partial charge in [-0.2, -0.15) is 0 Å². The average Bonchev–Trinajstić information content (AvgIpc) is 2.16. The summed E-state index contributed by atoms with van der Waals surface area (Å²) >= 11 is 11.1. The lowest BCUT2D eigenvalue weighted by molar-refractivity contribution is -0.384. The second-order valence-electron chi connectivity index (χ2n) is 2.36. The quantitative estimate of drug-likeness (QED) is 0.322. The minimum atomic E-state index is -0.498. The first-order chi connectivity index (χ1) is 6.65. The fourth-order valence-electron chi connectivity index (χ4n) is 0.851. The predicted molar refractivity (Wildman–Crippen MR) is 55.7 cm³/mol. The third kappa shape index (κ3) is 2.63. The molecular formula is C9H5Cl2NO2. The Morgan fingerprint density at radius 1 is 1.50 bits per heavy atom. The smallest absolute Gasteiger partial charge is 0.258 e. The monoisotopic (exact) mass is 229 g/mol. The number of alkyl halides is 1. The van der Waals surface area contributed by atoms with Crippen LogP contribution in [0.4, 0.5) is 5.69 Å². The SMILES string of the molecule is O=[N+]([O-])c1ccc(Cl)c(C#CCCl)c1. The molecule has 3 nitrogen and oxygen atoms in total. The van der Waals surface area contributed by atoms with Crippen LogP contribution in [0.15, 0.2) is 18.2 Å². The van der Waals surface area contributed by atoms with Crippen molar-refractivity contribution in [1.29, 1.82) is 0 Å². The number of benzene rings is 1. The van der Waals surface area contributed by atoms with Gasteiger partial charge in [-0.25, -0.2) is 0 Å². The summed E-state index contributed by atoms with van der Waals surface area (Å²) in [5.41, 5.74) is 0.384. The molecule has 0 fully saturated rings. The van der Waals surface area contributed by atoms with Gasteiger partial charge in [0.1, 0.15) is 0 Å². The zero-order valence-electron chi connectivity index (χ0n) is 6.96. The highest BCUT2D eigenvalue weighted by Gasteiger charge is 2.07. The standard InChI is InChI=1S/C9H5Cl2NO2/c10-5-1-2-7-6-8(12(13)14)3-4-9(7)11/h3-4,6H,5H2. The molecule has 0 N–H and O–H groups in total. The second-order valence-corrected chi connectivity index (χ2v) is 3.03. The maximum atomic E-state index is 10.4. The molecule has 0 amide bonds.